The average molecular weight is 291 g/mol. The molecule has 2 aliphatic rings. The number of amides is 1. The van der Waals surface area contributed by atoms with Gasteiger partial charge in [-0.05, 0) is 6.07 Å². The van der Waals surface area contributed by atoms with E-state index in [1.54, 1.807) is 4.90 Å². The molecular formula is C15H17NO5. The van der Waals surface area contributed by atoms with E-state index in [0.29, 0.717) is 26.3 Å². The van der Waals surface area contributed by atoms with Crippen LogP contribution in [0.5, 0.6) is 5.75 Å². The Hall–Kier alpha value is -2.08. The molecule has 0 unspecified atom stereocenters. The molecule has 3 rings (SSSR count). The zero-order valence-corrected chi connectivity index (χ0v) is 11.5. The summed E-state index contributed by atoms with van der Waals surface area (Å²) in [7, 11) is 0. The van der Waals surface area contributed by atoms with Gasteiger partial charge in [-0.25, -0.2) is 0 Å². The van der Waals surface area contributed by atoms with Gasteiger partial charge in [0.1, 0.15) is 18.3 Å². The minimum Gasteiger partial charge on any atom is -0.492 e. The van der Waals surface area contributed by atoms with Crippen LogP contribution in [0.15, 0.2) is 24.3 Å². The topological polar surface area (TPSA) is 76.1 Å². The number of carboxylic acids is 1. The summed E-state index contributed by atoms with van der Waals surface area (Å²) in [6.45, 7) is 1.54. The standard InChI is InChI=1S/C15H17NO5/c17-14(18)7-10-8-16(5-6-20-10)15(19)12-9-21-13-4-2-1-3-11(12)13/h1-4,10,12H,5-9H2,(H,17,18)/t10-,12-/m1/s1. The molecule has 2 atom stereocenters. The Bertz CT molecular complexity index is 559. The van der Waals surface area contributed by atoms with Crippen LogP contribution in [0.25, 0.3) is 0 Å². The van der Waals surface area contributed by atoms with Crippen LogP contribution in [-0.2, 0) is 14.3 Å². The zero-order valence-electron chi connectivity index (χ0n) is 11.5. The SMILES string of the molecule is O=C(O)C[C@@H]1CN(C(=O)[C@@H]2COc3ccccc32)CCO1. The number of carbonyl (C=O) groups is 2. The van der Waals surface area contributed by atoms with Crippen LogP contribution in [0.4, 0.5) is 0 Å². The monoisotopic (exact) mass is 291 g/mol. The Labute approximate surface area is 122 Å². The second-order valence-corrected chi connectivity index (χ2v) is 5.28. The van der Waals surface area contributed by atoms with E-state index in [1.807, 2.05) is 24.3 Å². The highest BCUT2D eigenvalue weighted by molar-refractivity contribution is 5.85. The Morgan fingerprint density at radius 1 is 1.33 bits per heavy atom. The number of nitrogens with zero attached hydrogens (tertiary/aromatic N) is 1. The maximum absolute atomic E-state index is 12.6. The molecule has 0 aromatic heterocycles. The normalized spacial score (nSPS) is 24.3. The van der Waals surface area contributed by atoms with Crippen LogP contribution in [0, 0.1) is 0 Å². The number of morpholine rings is 1. The lowest BCUT2D eigenvalue weighted by atomic mass is 9.99. The molecule has 0 spiro atoms. The van der Waals surface area contributed by atoms with Crippen LogP contribution >= 0.6 is 0 Å². The van der Waals surface area contributed by atoms with Crippen LogP contribution in [0.2, 0.25) is 0 Å². The minimum absolute atomic E-state index is 0.0151. The first kappa shape index (κ1) is 13.9. The molecule has 6 nitrogen and oxygen atoms in total. The van der Waals surface area contributed by atoms with Gasteiger partial charge in [-0.2, -0.15) is 0 Å². The van der Waals surface area contributed by atoms with E-state index in [1.165, 1.54) is 0 Å². The van der Waals surface area contributed by atoms with Gasteiger partial charge in [-0.1, -0.05) is 18.2 Å². The van der Waals surface area contributed by atoms with Crippen LogP contribution < -0.4 is 4.74 Å². The maximum atomic E-state index is 12.6. The smallest absolute Gasteiger partial charge is 0.306 e. The van der Waals surface area contributed by atoms with Crippen molar-refractivity contribution in [2.24, 2.45) is 0 Å². The van der Waals surface area contributed by atoms with Crippen molar-refractivity contribution in [1.82, 2.24) is 4.90 Å². The Balaban J connectivity index is 1.70. The predicted octanol–water partition coefficient (Wildman–Crippen LogP) is 0.865. The molecule has 0 aliphatic carbocycles. The number of aliphatic carboxylic acids is 1. The van der Waals surface area contributed by atoms with Crippen molar-refractivity contribution in [1.29, 1.82) is 0 Å². The number of hydrogen-bond donors (Lipinski definition) is 1. The van der Waals surface area contributed by atoms with E-state index < -0.39 is 12.1 Å². The third-order valence-corrected chi connectivity index (χ3v) is 3.85. The zero-order chi connectivity index (χ0) is 14.8. The summed E-state index contributed by atoms with van der Waals surface area (Å²) in [5, 5.41) is 8.83. The van der Waals surface area contributed by atoms with E-state index in [-0.39, 0.29) is 18.2 Å². The largest absolute Gasteiger partial charge is 0.492 e. The molecule has 2 aliphatic heterocycles. The predicted molar refractivity (Wildman–Crippen MR) is 73.3 cm³/mol. The van der Waals surface area contributed by atoms with Crippen molar-refractivity contribution in [2.75, 3.05) is 26.3 Å². The lowest BCUT2D eigenvalue weighted by Gasteiger charge is -2.33. The van der Waals surface area contributed by atoms with E-state index in [0.717, 1.165) is 11.3 Å². The van der Waals surface area contributed by atoms with Crippen molar-refractivity contribution >= 4 is 11.9 Å². The molecule has 1 aromatic carbocycles. The van der Waals surface area contributed by atoms with Crippen molar-refractivity contribution in [3.63, 3.8) is 0 Å². The fourth-order valence-electron chi connectivity index (χ4n) is 2.83. The molecule has 21 heavy (non-hydrogen) atoms. The first-order chi connectivity index (χ1) is 10.1. The number of fused-ring (bicyclic) bond motifs is 1. The van der Waals surface area contributed by atoms with Crippen LogP contribution in [0.1, 0.15) is 17.9 Å². The van der Waals surface area contributed by atoms with E-state index >= 15 is 0 Å². The lowest BCUT2D eigenvalue weighted by Crippen LogP contribution is -2.48. The van der Waals surface area contributed by atoms with Crippen LogP contribution in [0.3, 0.4) is 0 Å². The first-order valence-electron chi connectivity index (χ1n) is 6.99. The van der Waals surface area contributed by atoms with Gasteiger partial charge in [-0.15, -0.1) is 0 Å². The van der Waals surface area contributed by atoms with E-state index in [9.17, 15) is 9.59 Å². The maximum Gasteiger partial charge on any atom is 0.306 e. The van der Waals surface area contributed by atoms with Crippen molar-refractivity contribution < 1.29 is 24.2 Å². The molecule has 1 fully saturated rings. The molecule has 0 saturated carbocycles. The fraction of sp³-hybridized carbons (Fsp3) is 0.467. The number of ether oxygens (including phenoxy) is 2. The first-order valence-corrected chi connectivity index (χ1v) is 6.99. The minimum atomic E-state index is -0.913. The van der Waals surface area contributed by atoms with Gasteiger partial charge in [-0.3, -0.25) is 9.59 Å². The van der Waals surface area contributed by atoms with E-state index in [2.05, 4.69) is 0 Å². The quantitative estimate of drug-likeness (QED) is 0.894. The molecule has 0 radical (unpaired) electrons. The molecule has 1 N–H and O–H groups in total. The van der Waals surface area contributed by atoms with Crippen molar-refractivity contribution in [2.45, 2.75) is 18.4 Å². The summed E-state index contributed by atoms with van der Waals surface area (Å²) in [6.07, 6.45) is -0.514. The number of rotatable bonds is 3. The summed E-state index contributed by atoms with van der Waals surface area (Å²) < 4.78 is 10.9. The molecular weight excluding hydrogens is 274 g/mol. The molecule has 0 bridgehead atoms. The Morgan fingerprint density at radius 3 is 2.95 bits per heavy atom. The molecule has 2 heterocycles. The summed E-state index contributed by atoms with van der Waals surface area (Å²) in [5.41, 5.74) is 0.906. The second-order valence-electron chi connectivity index (χ2n) is 5.28. The summed E-state index contributed by atoms with van der Waals surface area (Å²) in [6, 6.07) is 7.53. The number of benzene rings is 1. The third-order valence-electron chi connectivity index (χ3n) is 3.85. The average Bonchev–Trinajstić information content (AvgIpc) is 2.90. The van der Waals surface area contributed by atoms with Gasteiger partial charge in [0.05, 0.1) is 19.1 Å². The van der Waals surface area contributed by atoms with Crippen molar-refractivity contribution in [3.8, 4) is 5.75 Å². The number of carbonyl (C=O) groups excluding carboxylic acids is 1. The summed E-state index contributed by atoms with van der Waals surface area (Å²) >= 11 is 0. The molecule has 1 aromatic rings. The summed E-state index contributed by atoms with van der Waals surface area (Å²) in [4.78, 5) is 25.1. The Kier molecular flexibility index (Phi) is 3.79. The Morgan fingerprint density at radius 2 is 2.14 bits per heavy atom. The van der Waals surface area contributed by atoms with Gasteiger partial charge in [0.15, 0.2) is 0 Å². The second kappa shape index (κ2) is 5.73. The van der Waals surface area contributed by atoms with E-state index in [4.69, 9.17) is 14.6 Å². The molecule has 1 saturated heterocycles. The molecule has 112 valence electrons. The molecule has 1 amide bonds. The van der Waals surface area contributed by atoms with Gasteiger partial charge in [0.25, 0.3) is 0 Å². The highest BCUT2D eigenvalue weighted by Gasteiger charge is 2.35. The molecule has 6 heteroatoms. The van der Waals surface area contributed by atoms with Gasteiger partial charge >= 0.3 is 5.97 Å². The lowest BCUT2D eigenvalue weighted by molar-refractivity contribution is -0.148. The third kappa shape index (κ3) is 2.85. The van der Waals surface area contributed by atoms with Crippen LogP contribution in [-0.4, -0.2) is 54.3 Å². The van der Waals surface area contributed by atoms with Gasteiger partial charge < -0.3 is 19.5 Å². The number of para-hydroxylation sites is 1. The number of hydrogen-bond acceptors (Lipinski definition) is 4. The highest BCUT2D eigenvalue weighted by atomic mass is 16.5. The summed E-state index contributed by atoms with van der Waals surface area (Å²) in [5.74, 6) is -0.474. The highest BCUT2D eigenvalue weighted by Crippen LogP contribution is 2.34. The number of carboxylic acid groups (broad SMARTS) is 1. The van der Waals surface area contributed by atoms with Crippen molar-refractivity contribution in [3.05, 3.63) is 29.8 Å². The fourth-order valence-corrected chi connectivity index (χ4v) is 2.83. The van der Waals surface area contributed by atoms with Gasteiger partial charge in [0, 0.05) is 18.7 Å². The van der Waals surface area contributed by atoms with Gasteiger partial charge in [0.2, 0.25) is 5.91 Å².